The first-order chi connectivity index (χ1) is 12.9. The van der Waals surface area contributed by atoms with Crippen molar-refractivity contribution in [2.75, 3.05) is 5.32 Å². The summed E-state index contributed by atoms with van der Waals surface area (Å²) in [6.07, 6.45) is 1.84. The molecule has 2 aromatic carbocycles. The summed E-state index contributed by atoms with van der Waals surface area (Å²) in [6.45, 7) is 12.3. The lowest BCUT2D eigenvalue weighted by atomic mass is 9.78. The van der Waals surface area contributed by atoms with Crippen molar-refractivity contribution in [2.45, 2.75) is 52.4 Å². The molecule has 4 heteroatoms. The first-order valence-electron chi connectivity index (χ1n) is 9.37. The molecule has 0 fully saturated rings. The lowest BCUT2D eigenvalue weighted by Crippen LogP contribution is -2.17. The van der Waals surface area contributed by atoms with E-state index in [0.29, 0.717) is 22.6 Å². The van der Waals surface area contributed by atoms with E-state index < -0.39 is 0 Å². The smallest absolute Gasteiger partial charge is 0.256 e. The van der Waals surface area contributed by atoms with Gasteiger partial charge < -0.3 is 10.4 Å². The van der Waals surface area contributed by atoms with E-state index >= 15 is 0 Å². The number of carbonyl (C=O) groups excluding carboxylic acids is 1. The van der Waals surface area contributed by atoms with Crippen LogP contribution in [0.15, 0.2) is 30.3 Å². The third kappa shape index (κ3) is 3.53. The highest BCUT2D eigenvalue weighted by Crippen LogP contribution is 2.41. The number of nitriles is 1. The lowest BCUT2D eigenvalue weighted by molar-refractivity contribution is -0.110. The number of phenolic OH excluding ortho intramolecular Hbond substituents is 1. The highest BCUT2D eigenvalue weighted by molar-refractivity contribution is 6.35. The maximum Gasteiger partial charge on any atom is 0.256 e. The Balaban J connectivity index is 2.23. The molecule has 0 saturated carbocycles. The normalized spacial score (nSPS) is 15.3. The van der Waals surface area contributed by atoms with E-state index in [-0.39, 0.29) is 16.7 Å². The number of nitrogens with zero attached hydrogens (tertiary/aromatic N) is 1. The summed E-state index contributed by atoms with van der Waals surface area (Å²) in [4.78, 5) is 12.6. The first-order valence-corrected chi connectivity index (χ1v) is 9.37. The maximum atomic E-state index is 12.6. The van der Waals surface area contributed by atoms with Gasteiger partial charge in [0.2, 0.25) is 0 Å². The SMILES string of the molecule is CC(C)(C)c1cc(/C=C2/C(=O)Nc3ccc(C#N)cc32)cc(C(C)(C)C)c1O. The van der Waals surface area contributed by atoms with Crippen molar-refractivity contribution in [1.82, 2.24) is 0 Å². The summed E-state index contributed by atoms with van der Waals surface area (Å²) in [5.41, 5.74) is 4.52. The van der Waals surface area contributed by atoms with E-state index in [9.17, 15) is 15.2 Å². The standard InChI is InChI=1S/C24H26N2O2/c1-23(2,3)18-11-15(12-19(21(18)27)24(4,5)6)10-17-16-9-14(13-25)7-8-20(16)26-22(17)28/h7-12,27H,1-6H3,(H,26,28)/b17-10+. The minimum atomic E-state index is -0.248. The van der Waals surface area contributed by atoms with E-state index in [0.717, 1.165) is 22.3 Å². The van der Waals surface area contributed by atoms with E-state index in [4.69, 9.17) is 0 Å². The zero-order valence-corrected chi connectivity index (χ0v) is 17.3. The van der Waals surface area contributed by atoms with Crippen LogP contribution in [0.3, 0.4) is 0 Å². The Labute approximate surface area is 166 Å². The third-order valence-electron chi connectivity index (χ3n) is 4.99. The Bertz CT molecular complexity index is 1010. The number of hydrogen-bond acceptors (Lipinski definition) is 3. The largest absolute Gasteiger partial charge is 0.507 e. The third-order valence-corrected chi connectivity index (χ3v) is 4.99. The van der Waals surface area contributed by atoms with Crippen LogP contribution in [0, 0.1) is 11.3 Å². The van der Waals surface area contributed by atoms with Gasteiger partial charge in [-0.05, 0) is 52.8 Å². The molecule has 2 N–H and O–H groups in total. The van der Waals surface area contributed by atoms with Gasteiger partial charge in [0.15, 0.2) is 0 Å². The fraction of sp³-hybridized carbons (Fsp3) is 0.333. The number of fused-ring (bicyclic) bond motifs is 1. The second kappa shape index (κ2) is 6.53. The average molecular weight is 374 g/mol. The van der Waals surface area contributed by atoms with Gasteiger partial charge >= 0.3 is 0 Å². The zero-order chi connectivity index (χ0) is 20.9. The number of anilines is 1. The van der Waals surface area contributed by atoms with Gasteiger partial charge in [-0.2, -0.15) is 5.26 Å². The van der Waals surface area contributed by atoms with Gasteiger partial charge in [-0.15, -0.1) is 0 Å². The van der Waals surface area contributed by atoms with Crippen LogP contribution >= 0.6 is 0 Å². The van der Waals surface area contributed by atoms with Crippen LogP contribution in [0.2, 0.25) is 0 Å². The molecule has 0 unspecified atom stereocenters. The van der Waals surface area contributed by atoms with E-state index in [1.165, 1.54) is 0 Å². The van der Waals surface area contributed by atoms with Crippen LogP contribution < -0.4 is 5.32 Å². The Kier molecular flexibility index (Phi) is 4.59. The molecule has 0 aliphatic carbocycles. The Morgan fingerprint density at radius 2 is 1.57 bits per heavy atom. The second-order valence-corrected chi connectivity index (χ2v) is 9.35. The van der Waals surface area contributed by atoms with E-state index in [1.807, 2.05) is 18.2 Å². The molecule has 1 amide bonds. The van der Waals surface area contributed by atoms with Gasteiger partial charge in [0.25, 0.3) is 5.91 Å². The maximum absolute atomic E-state index is 12.6. The van der Waals surface area contributed by atoms with E-state index in [2.05, 4.69) is 52.9 Å². The number of hydrogen-bond donors (Lipinski definition) is 2. The number of benzene rings is 2. The number of aromatic hydroxyl groups is 1. The molecule has 0 aromatic heterocycles. The molecule has 0 saturated heterocycles. The number of amides is 1. The van der Waals surface area contributed by atoms with Gasteiger partial charge in [-0.25, -0.2) is 0 Å². The van der Waals surface area contributed by atoms with Gasteiger partial charge in [-0.1, -0.05) is 41.5 Å². The van der Waals surface area contributed by atoms with Crippen molar-refractivity contribution in [2.24, 2.45) is 0 Å². The van der Waals surface area contributed by atoms with Crippen molar-refractivity contribution < 1.29 is 9.90 Å². The second-order valence-electron chi connectivity index (χ2n) is 9.35. The molecule has 0 spiro atoms. The summed E-state index contributed by atoms with van der Waals surface area (Å²) < 4.78 is 0. The fourth-order valence-corrected chi connectivity index (χ4v) is 3.45. The highest BCUT2D eigenvalue weighted by Gasteiger charge is 2.28. The molecule has 144 valence electrons. The zero-order valence-electron chi connectivity index (χ0n) is 17.3. The molecule has 4 nitrogen and oxygen atoms in total. The van der Waals surface area contributed by atoms with Crippen LogP contribution in [0.1, 0.15) is 69.4 Å². The number of rotatable bonds is 1. The average Bonchev–Trinajstić information content (AvgIpc) is 2.89. The van der Waals surface area contributed by atoms with E-state index in [1.54, 1.807) is 18.2 Å². The minimum absolute atomic E-state index is 0.187. The van der Waals surface area contributed by atoms with Crippen molar-refractivity contribution in [3.63, 3.8) is 0 Å². The number of carbonyl (C=O) groups is 1. The van der Waals surface area contributed by atoms with Crippen LogP contribution in [-0.2, 0) is 15.6 Å². The fourth-order valence-electron chi connectivity index (χ4n) is 3.45. The molecular weight excluding hydrogens is 348 g/mol. The van der Waals surface area contributed by atoms with Crippen LogP contribution in [0.25, 0.3) is 11.6 Å². The van der Waals surface area contributed by atoms with Gasteiger partial charge in [0.1, 0.15) is 5.75 Å². The summed E-state index contributed by atoms with van der Waals surface area (Å²) in [5.74, 6) is 0.123. The number of phenols is 1. The Morgan fingerprint density at radius 1 is 1.00 bits per heavy atom. The number of nitrogens with one attached hydrogen (secondary N) is 1. The molecule has 2 aromatic rings. The monoisotopic (exact) mass is 374 g/mol. The van der Waals surface area contributed by atoms with Crippen LogP contribution in [0.4, 0.5) is 5.69 Å². The van der Waals surface area contributed by atoms with Crippen molar-refractivity contribution in [3.05, 3.63) is 58.1 Å². The minimum Gasteiger partial charge on any atom is -0.507 e. The highest BCUT2D eigenvalue weighted by atomic mass is 16.3. The molecule has 0 bridgehead atoms. The molecule has 0 atom stereocenters. The quantitative estimate of drug-likeness (QED) is 0.661. The predicted octanol–water partition coefficient (Wildman–Crippen LogP) is 5.35. The van der Waals surface area contributed by atoms with Gasteiger partial charge in [0.05, 0.1) is 11.6 Å². The summed E-state index contributed by atoms with van der Waals surface area (Å²) >= 11 is 0. The first kappa shape index (κ1) is 19.7. The molecule has 1 aliphatic heterocycles. The van der Waals surface area contributed by atoms with Gasteiger partial charge in [-0.3, -0.25) is 4.79 Å². The lowest BCUT2D eigenvalue weighted by Gasteiger charge is -2.28. The molecule has 3 rings (SSSR count). The van der Waals surface area contributed by atoms with Crippen molar-refractivity contribution >= 4 is 23.2 Å². The van der Waals surface area contributed by atoms with Crippen LogP contribution in [0.5, 0.6) is 5.75 Å². The summed E-state index contributed by atoms with van der Waals surface area (Å²) in [7, 11) is 0. The summed E-state index contributed by atoms with van der Waals surface area (Å²) in [5, 5.41) is 22.9. The van der Waals surface area contributed by atoms with Crippen molar-refractivity contribution in [1.29, 1.82) is 5.26 Å². The molecular formula is C24H26N2O2. The Hall–Kier alpha value is -3.06. The predicted molar refractivity (Wildman–Crippen MR) is 113 cm³/mol. The molecule has 28 heavy (non-hydrogen) atoms. The molecule has 0 radical (unpaired) electrons. The van der Waals surface area contributed by atoms with Crippen molar-refractivity contribution in [3.8, 4) is 11.8 Å². The summed E-state index contributed by atoms with van der Waals surface area (Å²) in [6, 6.07) is 11.2. The van der Waals surface area contributed by atoms with Gasteiger partial charge in [0, 0.05) is 28.0 Å². The Morgan fingerprint density at radius 3 is 2.07 bits per heavy atom. The molecule has 1 heterocycles. The topological polar surface area (TPSA) is 73.1 Å². The van der Waals surface area contributed by atoms with Crippen LogP contribution in [-0.4, -0.2) is 11.0 Å². The molecule has 1 aliphatic rings.